The number of fused-ring (bicyclic) bond motifs is 1. The molecule has 0 aliphatic heterocycles. The van der Waals surface area contributed by atoms with Crippen LogP contribution in [0.25, 0.3) is 44.2 Å². The van der Waals surface area contributed by atoms with Crippen molar-refractivity contribution < 1.29 is 8.78 Å². The Hall–Kier alpha value is -4.76. The molecule has 0 heterocycles. The first-order chi connectivity index (χ1) is 19.8. The van der Waals surface area contributed by atoms with E-state index in [-0.39, 0.29) is 5.82 Å². The highest BCUT2D eigenvalue weighted by atomic mass is 19.1. The molecule has 202 valence electrons. The van der Waals surface area contributed by atoms with Crippen molar-refractivity contribution in [1.29, 1.82) is 0 Å². The van der Waals surface area contributed by atoms with Gasteiger partial charge in [-0.05, 0) is 65.9 Å². The summed E-state index contributed by atoms with van der Waals surface area (Å²) < 4.78 is 32.3. The fourth-order valence-corrected chi connectivity index (χ4v) is 5.61. The lowest BCUT2D eigenvalue weighted by Crippen LogP contribution is -2.39. The van der Waals surface area contributed by atoms with Gasteiger partial charge in [0.05, 0.1) is 11.4 Å². The normalized spacial score (nSPS) is 11.5. The van der Waals surface area contributed by atoms with Gasteiger partial charge < -0.3 is 4.90 Å². The van der Waals surface area contributed by atoms with E-state index in [1.54, 1.807) is 23.1 Å². The van der Waals surface area contributed by atoms with Crippen molar-refractivity contribution in [2.24, 2.45) is 0 Å². The summed E-state index contributed by atoms with van der Waals surface area (Å²) in [5, 5.41) is 2.35. The van der Waals surface area contributed by atoms with E-state index < -0.39 is 11.4 Å². The quantitative estimate of drug-likeness (QED) is 0.211. The van der Waals surface area contributed by atoms with Crippen LogP contribution >= 0.6 is 0 Å². The molecule has 0 radical (unpaired) electrons. The summed E-state index contributed by atoms with van der Waals surface area (Å²) in [7, 11) is 0. The zero-order valence-corrected chi connectivity index (χ0v) is 23.4. The zero-order valence-electron chi connectivity index (χ0n) is 23.4. The number of anilines is 2. The lowest BCUT2D eigenvalue weighted by atomic mass is 9.92. The molecule has 0 amide bonds. The SMILES string of the molecule is CC(C)(C)N(c1ccccc1F)c1c(-c2ccccc2)ccc(-c2ccc(-c3cccc4ccccc34)cc2)c1F. The summed E-state index contributed by atoms with van der Waals surface area (Å²) in [4.78, 5) is 1.79. The Labute approximate surface area is 240 Å². The zero-order chi connectivity index (χ0) is 28.6. The van der Waals surface area contributed by atoms with Crippen molar-refractivity contribution in [2.45, 2.75) is 26.3 Å². The average molecular weight is 540 g/mol. The van der Waals surface area contributed by atoms with Crippen molar-refractivity contribution in [3.05, 3.63) is 145 Å². The smallest absolute Gasteiger partial charge is 0.155 e. The molecule has 0 unspecified atom stereocenters. The molecule has 3 heteroatoms. The number of rotatable bonds is 5. The van der Waals surface area contributed by atoms with Crippen molar-refractivity contribution in [3.8, 4) is 33.4 Å². The molecule has 6 aromatic rings. The lowest BCUT2D eigenvalue weighted by Gasteiger charge is -2.39. The maximum Gasteiger partial charge on any atom is 0.155 e. The van der Waals surface area contributed by atoms with Gasteiger partial charge in [0, 0.05) is 16.7 Å². The molecule has 0 N–H and O–H groups in total. The van der Waals surface area contributed by atoms with Crippen LogP contribution in [0, 0.1) is 11.6 Å². The topological polar surface area (TPSA) is 3.24 Å². The lowest BCUT2D eigenvalue weighted by molar-refractivity contribution is 0.528. The van der Waals surface area contributed by atoms with Crippen LogP contribution in [0.3, 0.4) is 0 Å². The van der Waals surface area contributed by atoms with Gasteiger partial charge in [-0.15, -0.1) is 0 Å². The summed E-state index contributed by atoms with van der Waals surface area (Å²) in [5.74, 6) is -0.784. The second-order valence-corrected chi connectivity index (χ2v) is 11.3. The van der Waals surface area contributed by atoms with Crippen LogP contribution in [-0.2, 0) is 0 Å². The van der Waals surface area contributed by atoms with Gasteiger partial charge in [0.25, 0.3) is 0 Å². The Kier molecular flexibility index (Phi) is 6.88. The highest BCUT2D eigenvalue weighted by molar-refractivity contribution is 5.97. The van der Waals surface area contributed by atoms with E-state index in [4.69, 9.17) is 0 Å². The van der Waals surface area contributed by atoms with Gasteiger partial charge in [0.1, 0.15) is 5.82 Å². The minimum Gasteiger partial charge on any atom is -0.331 e. The number of benzene rings is 6. The van der Waals surface area contributed by atoms with E-state index in [1.807, 2.05) is 99.6 Å². The molecule has 0 aliphatic carbocycles. The van der Waals surface area contributed by atoms with Gasteiger partial charge in [0.2, 0.25) is 0 Å². The van der Waals surface area contributed by atoms with Crippen LogP contribution in [0.15, 0.2) is 133 Å². The Balaban J connectivity index is 1.53. The van der Waals surface area contributed by atoms with E-state index in [2.05, 4.69) is 30.3 Å². The van der Waals surface area contributed by atoms with Crippen LogP contribution in [0.1, 0.15) is 20.8 Å². The first-order valence-corrected chi connectivity index (χ1v) is 13.8. The molecule has 0 saturated heterocycles. The van der Waals surface area contributed by atoms with Crippen LogP contribution < -0.4 is 4.90 Å². The summed E-state index contributed by atoms with van der Waals surface area (Å²) in [6.45, 7) is 5.91. The fraction of sp³-hybridized carbons (Fsp3) is 0.105. The number of hydrogen-bond acceptors (Lipinski definition) is 1. The van der Waals surface area contributed by atoms with Crippen LogP contribution in [-0.4, -0.2) is 5.54 Å². The second kappa shape index (κ2) is 10.7. The first kappa shape index (κ1) is 26.5. The molecule has 0 aromatic heterocycles. The molecule has 0 fully saturated rings. The van der Waals surface area contributed by atoms with Crippen LogP contribution in [0.2, 0.25) is 0 Å². The molecule has 0 saturated carbocycles. The van der Waals surface area contributed by atoms with E-state index >= 15 is 8.78 Å². The predicted octanol–water partition coefficient (Wildman–Crippen LogP) is 11.1. The molecule has 0 atom stereocenters. The van der Waals surface area contributed by atoms with E-state index in [9.17, 15) is 0 Å². The molecule has 0 bridgehead atoms. The molecular formula is C38H31F2N. The minimum absolute atomic E-state index is 0.333. The Morgan fingerprint density at radius 1 is 0.488 bits per heavy atom. The number of hydrogen-bond donors (Lipinski definition) is 0. The highest BCUT2D eigenvalue weighted by Gasteiger charge is 2.31. The van der Waals surface area contributed by atoms with Gasteiger partial charge in [-0.1, -0.05) is 121 Å². The molecule has 6 rings (SSSR count). The van der Waals surface area contributed by atoms with E-state index in [0.717, 1.165) is 22.3 Å². The van der Waals surface area contributed by atoms with Gasteiger partial charge in [0.15, 0.2) is 5.82 Å². The van der Waals surface area contributed by atoms with Crippen molar-refractivity contribution in [3.63, 3.8) is 0 Å². The number of para-hydroxylation sites is 1. The molecule has 1 nitrogen and oxygen atoms in total. The summed E-state index contributed by atoms with van der Waals surface area (Å²) >= 11 is 0. The average Bonchev–Trinajstić information content (AvgIpc) is 2.99. The first-order valence-electron chi connectivity index (χ1n) is 13.8. The van der Waals surface area contributed by atoms with Gasteiger partial charge in [-0.3, -0.25) is 0 Å². The molecule has 41 heavy (non-hydrogen) atoms. The van der Waals surface area contributed by atoms with Crippen molar-refractivity contribution in [1.82, 2.24) is 0 Å². The molecular weight excluding hydrogens is 508 g/mol. The summed E-state index contributed by atoms with van der Waals surface area (Å²) in [5.41, 5.74) is 5.06. The summed E-state index contributed by atoms with van der Waals surface area (Å²) in [6.07, 6.45) is 0. The van der Waals surface area contributed by atoms with Gasteiger partial charge >= 0.3 is 0 Å². The molecule has 6 aromatic carbocycles. The predicted molar refractivity (Wildman–Crippen MR) is 169 cm³/mol. The highest BCUT2D eigenvalue weighted by Crippen LogP contribution is 2.45. The van der Waals surface area contributed by atoms with Crippen LogP contribution in [0.5, 0.6) is 0 Å². The van der Waals surface area contributed by atoms with E-state index in [1.165, 1.54) is 16.8 Å². The number of halogens is 2. The van der Waals surface area contributed by atoms with Crippen molar-refractivity contribution in [2.75, 3.05) is 4.90 Å². The Morgan fingerprint density at radius 3 is 1.76 bits per heavy atom. The Bertz CT molecular complexity index is 1830. The fourth-order valence-electron chi connectivity index (χ4n) is 5.61. The van der Waals surface area contributed by atoms with Crippen molar-refractivity contribution >= 4 is 22.1 Å². The Morgan fingerprint density at radius 2 is 1.05 bits per heavy atom. The second-order valence-electron chi connectivity index (χ2n) is 11.3. The standard InChI is InChI=1S/C38H31F2N/c1-38(2,3)41(35-19-10-9-18-34(35)39)37-33(27-12-5-4-6-13-27)25-24-32(36(37)40)29-22-20-28(21-23-29)31-17-11-15-26-14-7-8-16-30(26)31/h4-25H,1-3H3. The van der Waals surface area contributed by atoms with Gasteiger partial charge in [-0.25, -0.2) is 8.78 Å². The number of nitrogens with zero attached hydrogens (tertiary/aromatic N) is 1. The van der Waals surface area contributed by atoms with Crippen LogP contribution in [0.4, 0.5) is 20.2 Å². The van der Waals surface area contributed by atoms with E-state index in [0.29, 0.717) is 22.5 Å². The maximum atomic E-state index is 17.0. The summed E-state index contributed by atoms with van der Waals surface area (Å²) in [6, 6.07) is 42.7. The maximum absolute atomic E-state index is 17.0. The largest absolute Gasteiger partial charge is 0.331 e. The third kappa shape index (κ3) is 5.00. The van der Waals surface area contributed by atoms with Gasteiger partial charge in [-0.2, -0.15) is 0 Å². The molecule has 0 spiro atoms. The monoisotopic (exact) mass is 539 g/mol. The molecule has 0 aliphatic rings. The minimum atomic E-state index is -0.622. The third-order valence-electron chi connectivity index (χ3n) is 7.49. The third-order valence-corrected chi connectivity index (χ3v) is 7.49.